The Labute approximate surface area is 154 Å². The highest BCUT2D eigenvalue weighted by molar-refractivity contribution is 7.91. The minimum atomic E-state index is -4.18. The summed E-state index contributed by atoms with van der Waals surface area (Å²) in [5.41, 5.74) is -0.259. The Morgan fingerprint density at radius 3 is 2.11 bits per heavy atom. The van der Waals surface area contributed by atoms with E-state index >= 15 is 0 Å². The van der Waals surface area contributed by atoms with Crippen LogP contribution in [0.5, 0.6) is 0 Å². The van der Waals surface area contributed by atoms with Crippen molar-refractivity contribution in [2.75, 3.05) is 0 Å². The minimum Gasteiger partial charge on any atom is -0.422 e. The zero-order valence-electron chi connectivity index (χ0n) is 13.9. The molecule has 0 atom stereocenters. The van der Waals surface area contributed by atoms with Crippen LogP contribution in [0.4, 0.5) is 4.39 Å². The summed E-state index contributed by atoms with van der Waals surface area (Å²) in [6, 6.07) is 19.8. The topological polar surface area (TPSA) is 64.3 Å². The van der Waals surface area contributed by atoms with Crippen molar-refractivity contribution in [2.24, 2.45) is 0 Å². The van der Waals surface area contributed by atoms with Crippen LogP contribution in [0.25, 0.3) is 22.1 Å². The SMILES string of the molecule is O=c1oc2ccc(F)cc2c(-c2ccccc2)c1S(=O)(=O)c1ccccc1. The highest BCUT2D eigenvalue weighted by Gasteiger charge is 2.29. The van der Waals surface area contributed by atoms with Gasteiger partial charge < -0.3 is 4.42 Å². The number of fused-ring (bicyclic) bond motifs is 1. The van der Waals surface area contributed by atoms with Crippen molar-refractivity contribution in [2.45, 2.75) is 9.79 Å². The molecule has 27 heavy (non-hydrogen) atoms. The second-order valence-corrected chi connectivity index (χ2v) is 7.80. The summed E-state index contributed by atoms with van der Waals surface area (Å²) < 4.78 is 45.6. The van der Waals surface area contributed by atoms with Gasteiger partial charge in [0.2, 0.25) is 9.84 Å². The maximum atomic E-state index is 13.9. The summed E-state index contributed by atoms with van der Waals surface area (Å²) >= 11 is 0. The predicted molar refractivity (Wildman–Crippen MR) is 99.8 cm³/mol. The molecule has 0 aliphatic heterocycles. The van der Waals surface area contributed by atoms with Gasteiger partial charge in [0.05, 0.1) is 4.90 Å². The molecule has 4 rings (SSSR count). The van der Waals surface area contributed by atoms with Crippen molar-refractivity contribution in [3.8, 4) is 11.1 Å². The highest BCUT2D eigenvalue weighted by Crippen LogP contribution is 2.35. The molecule has 0 aliphatic carbocycles. The molecule has 134 valence electrons. The average molecular weight is 380 g/mol. The third-order valence-electron chi connectivity index (χ3n) is 4.21. The van der Waals surface area contributed by atoms with Crippen molar-refractivity contribution in [1.82, 2.24) is 0 Å². The molecule has 0 saturated heterocycles. The molecule has 0 aliphatic rings. The molecule has 0 unspecified atom stereocenters. The van der Waals surface area contributed by atoms with Crippen LogP contribution < -0.4 is 5.63 Å². The second-order valence-electron chi connectivity index (χ2n) is 5.92. The van der Waals surface area contributed by atoms with Gasteiger partial charge in [0.15, 0.2) is 4.90 Å². The van der Waals surface area contributed by atoms with Gasteiger partial charge in [-0.1, -0.05) is 48.5 Å². The summed E-state index contributed by atoms with van der Waals surface area (Å²) in [4.78, 5) is 12.2. The quantitative estimate of drug-likeness (QED) is 0.493. The highest BCUT2D eigenvalue weighted by atomic mass is 32.2. The number of sulfone groups is 1. The van der Waals surface area contributed by atoms with Gasteiger partial charge in [-0.3, -0.25) is 0 Å². The Morgan fingerprint density at radius 2 is 1.44 bits per heavy atom. The third kappa shape index (κ3) is 2.94. The molecule has 0 amide bonds. The standard InChI is InChI=1S/C21H13FO4S/c22-15-11-12-18-17(13-15)19(14-7-3-1-4-8-14)20(21(23)26-18)27(24,25)16-9-5-2-6-10-16/h1-13H. The van der Waals surface area contributed by atoms with Gasteiger partial charge in [-0.25, -0.2) is 17.6 Å². The Balaban J connectivity index is 2.19. The lowest BCUT2D eigenvalue weighted by atomic mass is 10.0. The normalized spacial score (nSPS) is 11.6. The van der Waals surface area contributed by atoms with E-state index in [4.69, 9.17) is 4.42 Å². The molecule has 0 bridgehead atoms. The van der Waals surface area contributed by atoms with Crippen LogP contribution in [0.2, 0.25) is 0 Å². The van der Waals surface area contributed by atoms with E-state index in [-0.39, 0.29) is 21.4 Å². The minimum absolute atomic E-state index is 0.0368. The van der Waals surface area contributed by atoms with Crippen LogP contribution in [-0.4, -0.2) is 8.42 Å². The molecular weight excluding hydrogens is 367 g/mol. The Morgan fingerprint density at radius 1 is 0.815 bits per heavy atom. The Bertz CT molecular complexity index is 1290. The van der Waals surface area contributed by atoms with Crippen LogP contribution in [0.15, 0.2) is 97.9 Å². The van der Waals surface area contributed by atoms with E-state index in [1.165, 1.54) is 24.3 Å². The van der Waals surface area contributed by atoms with Gasteiger partial charge in [-0.15, -0.1) is 0 Å². The first-order valence-corrected chi connectivity index (χ1v) is 9.59. The molecule has 4 aromatic rings. The third-order valence-corrected chi connectivity index (χ3v) is 6.01. The lowest BCUT2D eigenvalue weighted by Crippen LogP contribution is -2.16. The zero-order valence-corrected chi connectivity index (χ0v) is 14.7. The van der Waals surface area contributed by atoms with Gasteiger partial charge in [0.1, 0.15) is 11.4 Å². The van der Waals surface area contributed by atoms with Crippen molar-refractivity contribution >= 4 is 20.8 Å². The number of hydrogen-bond acceptors (Lipinski definition) is 4. The van der Waals surface area contributed by atoms with Gasteiger partial charge in [0, 0.05) is 10.9 Å². The monoisotopic (exact) mass is 380 g/mol. The molecule has 0 spiro atoms. The van der Waals surface area contributed by atoms with E-state index in [0.29, 0.717) is 5.56 Å². The first-order chi connectivity index (χ1) is 13.0. The predicted octanol–water partition coefficient (Wildman–Crippen LogP) is 4.43. The first kappa shape index (κ1) is 17.2. The van der Waals surface area contributed by atoms with Gasteiger partial charge in [-0.2, -0.15) is 0 Å². The molecule has 3 aromatic carbocycles. The summed E-state index contributed by atoms with van der Waals surface area (Å²) in [5.74, 6) is -0.559. The summed E-state index contributed by atoms with van der Waals surface area (Å²) in [7, 11) is -4.18. The maximum absolute atomic E-state index is 13.9. The second kappa shape index (κ2) is 6.48. The van der Waals surface area contributed by atoms with E-state index in [1.54, 1.807) is 48.5 Å². The lowest BCUT2D eigenvalue weighted by molar-refractivity contribution is 0.532. The Kier molecular flexibility index (Phi) is 4.12. The van der Waals surface area contributed by atoms with Crippen LogP contribution in [0.3, 0.4) is 0 Å². The van der Waals surface area contributed by atoms with Crippen LogP contribution >= 0.6 is 0 Å². The van der Waals surface area contributed by atoms with E-state index in [1.807, 2.05) is 0 Å². The van der Waals surface area contributed by atoms with Gasteiger partial charge in [0.25, 0.3) is 0 Å². The molecule has 6 heteroatoms. The number of benzene rings is 3. The Hall–Kier alpha value is -3.25. The van der Waals surface area contributed by atoms with E-state index in [0.717, 1.165) is 6.07 Å². The average Bonchev–Trinajstić information content (AvgIpc) is 2.68. The maximum Gasteiger partial charge on any atom is 0.356 e. The molecule has 0 fully saturated rings. The largest absolute Gasteiger partial charge is 0.422 e. The number of rotatable bonds is 3. The molecular formula is C21H13FO4S. The molecule has 4 nitrogen and oxygen atoms in total. The fraction of sp³-hybridized carbons (Fsp3) is 0. The van der Waals surface area contributed by atoms with Crippen LogP contribution in [0, 0.1) is 5.82 Å². The number of hydrogen-bond donors (Lipinski definition) is 0. The summed E-state index contributed by atoms with van der Waals surface area (Å²) in [6.45, 7) is 0. The van der Waals surface area contributed by atoms with Crippen molar-refractivity contribution in [1.29, 1.82) is 0 Å². The van der Waals surface area contributed by atoms with Crippen LogP contribution in [-0.2, 0) is 9.84 Å². The van der Waals surface area contributed by atoms with Gasteiger partial charge in [-0.05, 0) is 35.9 Å². The first-order valence-electron chi connectivity index (χ1n) is 8.10. The van der Waals surface area contributed by atoms with E-state index in [9.17, 15) is 17.6 Å². The van der Waals surface area contributed by atoms with Crippen LogP contribution in [0.1, 0.15) is 0 Å². The van der Waals surface area contributed by atoms with Crippen molar-refractivity contribution in [3.05, 3.63) is 95.1 Å². The summed E-state index contributed by atoms with van der Waals surface area (Å²) in [5, 5.41) is 0.218. The lowest BCUT2D eigenvalue weighted by Gasteiger charge is -2.12. The van der Waals surface area contributed by atoms with Crippen molar-refractivity contribution < 1.29 is 17.2 Å². The van der Waals surface area contributed by atoms with Crippen molar-refractivity contribution in [3.63, 3.8) is 0 Å². The summed E-state index contributed by atoms with van der Waals surface area (Å²) in [6.07, 6.45) is 0. The molecule has 0 radical (unpaired) electrons. The zero-order chi connectivity index (χ0) is 19.0. The van der Waals surface area contributed by atoms with E-state index < -0.39 is 26.2 Å². The van der Waals surface area contributed by atoms with Gasteiger partial charge >= 0.3 is 5.63 Å². The molecule has 1 heterocycles. The molecule has 0 saturated carbocycles. The molecule has 0 N–H and O–H groups in total. The fourth-order valence-electron chi connectivity index (χ4n) is 3.01. The molecule has 1 aromatic heterocycles. The smallest absolute Gasteiger partial charge is 0.356 e. The van der Waals surface area contributed by atoms with E-state index in [2.05, 4.69) is 0 Å². The number of halogens is 1. The fourth-order valence-corrected chi connectivity index (χ4v) is 4.52.